The van der Waals surface area contributed by atoms with Crippen LogP contribution >= 0.6 is 11.6 Å². The van der Waals surface area contributed by atoms with Gasteiger partial charge in [-0.15, -0.1) is 0 Å². The highest BCUT2D eigenvalue weighted by atomic mass is 35.5. The predicted molar refractivity (Wildman–Crippen MR) is 293 cm³/mol. The van der Waals surface area contributed by atoms with Gasteiger partial charge in [-0.1, -0.05) is 35.9 Å². The molecule has 0 amide bonds. The molecular weight excluding hydrogens is 978 g/mol. The van der Waals surface area contributed by atoms with Gasteiger partial charge in [0.05, 0.1) is 143 Å². The predicted octanol–water partition coefficient (Wildman–Crippen LogP) is 9.29. The fraction of sp³-hybridized carbons (Fsp3) is 0.321. The Hall–Kier alpha value is -7.35. The molecule has 0 bridgehead atoms. The molecule has 0 saturated carbocycles. The lowest BCUT2D eigenvalue weighted by Gasteiger charge is -2.32. The average molecular weight is 1040 g/mol. The smallest absolute Gasteiger partial charge is 0.152 e. The molecule has 4 fully saturated rings. The van der Waals surface area contributed by atoms with Gasteiger partial charge in [0.25, 0.3) is 0 Å². The lowest BCUT2D eigenvalue weighted by atomic mass is 10.0. The number of ether oxygens (including phenoxy) is 4. The number of aromatic nitrogens is 6. The maximum absolute atomic E-state index is 15.3. The molecule has 75 heavy (non-hydrogen) atoms. The fourth-order valence-electron chi connectivity index (χ4n) is 9.53. The molecule has 0 unspecified atom stereocenters. The second kappa shape index (κ2) is 23.9. The van der Waals surface area contributed by atoms with Gasteiger partial charge in [-0.25, -0.2) is 28.7 Å². The van der Waals surface area contributed by atoms with Gasteiger partial charge in [0.2, 0.25) is 0 Å². The number of hydrogen-bond acceptors (Lipinski definition) is 16. The third-order valence-electron chi connectivity index (χ3n) is 13.5. The lowest BCUT2D eigenvalue weighted by molar-refractivity contribution is 0.122. The van der Waals surface area contributed by atoms with E-state index < -0.39 is 0 Å². The summed E-state index contributed by atoms with van der Waals surface area (Å²) in [7, 11) is 0. The van der Waals surface area contributed by atoms with Crippen LogP contribution in [-0.2, 0) is 18.9 Å². The Morgan fingerprint density at radius 3 is 1.48 bits per heavy atom. The molecule has 3 N–H and O–H groups in total. The molecule has 12 rings (SSSR count). The molecule has 4 aliphatic rings. The van der Waals surface area contributed by atoms with Crippen molar-refractivity contribution < 1.29 is 27.7 Å². The van der Waals surface area contributed by atoms with Gasteiger partial charge >= 0.3 is 0 Å². The van der Waals surface area contributed by atoms with Crippen LogP contribution < -0.4 is 30.7 Å². The molecular formula is C56H59ClF2N12O4. The van der Waals surface area contributed by atoms with Crippen molar-refractivity contribution in [1.29, 1.82) is 0 Å². The average Bonchev–Trinajstić information content (AvgIpc) is 3.47. The summed E-state index contributed by atoms with van der Waals surface area (Å²) in [4.78, 5) is 36.4. The van der Waals surface area contributed by atoms with E-state index in [-0.39, 0.29) is 11.6 Å². The molecule has 10 heterocycles. The van der Waals surface area contributed by atoms with Crippen molar-refractivity contribution in [3.05, 3.63) is 138 Å². The van der Waals surface area contributed by atoms with Crippen molar-refractivity contribution >= 4 is 73.5 Å². The minimum Gasteiger partial charge on any atom is -0.396 e. The number of pyridine rings is 6. The Morgan fingerprint density at radius 2 is 0.973 bits per heavy atom. The van der Waals surface area contributed by atoms with Crippen molar-refractivity contribution in [1.82, 2.24) is 29.9 Å². The Morgan fingerprint density at radius 1 is 0.520 bits per heavy atom. The van der Waals surface area contributed by atoms with Crippen molar-refractivity contribution in [2.45, 2.75) is 13.8 Å². The molecule has 388 valence electrons. The minimum atomic E-state index is -0.356. The zero-order chi connectivity index (χ0) is 51.7. The Kier molecular flexibility index (Phi) is 16.3. The Balaban J connectivity index is 0.000000142. The number of anilines is 7. The van der Waals surface area contributed by atoms with Crippen LogP contribution in [0.15, 0.2) is 110 Å². The molecule has 6 aromatic heterocycles. The zero-order valence-corrected chi connectivity index (χ0v) is 42.8. The number of halogens is 3. The van der Waals surface area contributed by atoms with E-state index in [4.69, 9.17) is 46.3 Å². The van der Waals surface area contributed by atoms with Crippen molar-refractivity contribution in [2.75, 3.05) is 136 Å². The number of fused-ring (bicyclic) bond motifs is 2. The van der Waals surface area contributed by atoms with Crippen LogP contribution in [-0.4, -0.2) is 135 Å². The molecule has 4 aliphatic heterocycles. The third kappa shape index (κ3) is 11.6. The van der Waals surface area contributed by atoms with Crippen LogP contribution in [0.1, 0.15) is 11.1 Å². The third-order valence-corrected chi connectivity index (χ3v) is 14.0. The van der Waals surface area contributed by atoms with E-state index in [0.717, 1.165) is 136 Å². The van der Waals surface area contributed by atoms with Crippen LogP contribution in [0.3, 0.4) is 0 Å². The molecule has 2 aromatic carbocycles. The molecule has 0 aliphatic carbocycles. The molecule has 0 spiro atoms. The second-order valence-corrected chi connectivity index (χ2v) is 18.6. The number of nitrogens with one attached hydrogen (secondary N) is 1. The maximum Gasteiger partial charge on any atom is 0.152 e. The lowest BCUT2D eigenvalue weighted by Crippen LogP contribution is -2.38. The van der Waals surface area contributed by atoms with E-state index in [1.165, 1.54) is 12.1 Å². The summed E-state index contributed by atoms with van der Waals surface area (Å²) in [5.41, 5.74) is 16.0. The summed E-state index contributed by atoms with van der Waals surface area (Å²) in [6.07, 6.45) is 7.26. The minimum absolute atomic E-state index is 0.326. The largest absolute Gasteiger partial charge is 0.396 e. The van der Waals surface area contributed by atoms with Crippen molar-refractivity contribution in [3.63, 3.8) is 0 Å². The summed E-state index contributed by atoms with van der Waals surface area (Å²) in [5, 5.41) is 4.80. The van der Waals surface area contributed by atoms with Gasteiger partial charge in [-0.05, 0) is 80.1 Å². The van der Waals surface area contributed by atoms with E-state index in [1.807, 2.05) is 74.8 Å². The second-order valence-electron chi connectivity index (χ2n) is 18.3. The number of nitrogens with zero attached hydrogens (tertiary/aromatic N) is 10. The first kappa shape index (κ1) is 51.1. The highest BCUT2D eigenvalue weighted by Crippen LogP contribution is 2.40. The number of benzene rings is 2. The van der Waals surface area contributed by atoms with E-state index in [9.17, 15) is 4.39 Å². The van der Waals surface area contributed by atoms with Crippen LogP contribution in [0.4, 0.5) is 48.9 Å². The number of morpholine rings is 4. The molecule has 4 saturated heterocycles. The van der Waals surface area contributed by atoms with E-state index in [1.54, 1.807) is 30.6 Å². The number of rotatable bonds is 8. The van der Waals surface area contributed by atoms with Gasteiger partial charge in [-0.2, -0.15) is 0 Å². The van der Waals surface area contributed by atoms with Gasteiger partial charge in [-0.3, -0.25) is 9.97 Å². The highest BCUT2D eigenvalue weighted by Gasteiger charge is 2.24. The first-order valence-corrected chi connectivity index (χ1v) is 25.6. The fourth-order valence-corrected chi connectivity index (χ4v) is 9.81. The van der Waals surface area contributed by atoms with E-state index in [2.05, 4.69) is 50.9 Å². The summed E-state index contributed by atoms with van der Waals surface area (Å²) >= 11 is 6.28. The SMILES string of the molecule is Cc1c(-c2ccccn2)nc2cccc(F)c2c1Cl.Cc1c(-c2ccccn2)nc2cccc(F)c2c1Nc1cc(N2CCOCC2)cnc1N1CCOCC1.Nc1cc(N2CCOCC2)cnc1N1CCOCC1. The Bertz CT molecular complexity index is 3230. The highest BCUT2D eigenvalue weighted by molar-refractivity contribution is 6.36. The van der Waals surface area contributed by atoms with Gasteiger partial charge in [0, 0.05) is 70.3 Å². The van der Waals surface area contributed by atoms with E-state index in [0.29, 0.717) is 70.3 Å². The van der Waals surface area contributed by atoms with Crippen molar-refractivity contribution in [2.24, 2.45) is 0 Å². The summed E-state index contributed by atoms with van der Waals surface area (Å²) < 4.78 is 51.0. The topological polar surface area (TPSA) is 165 Å². The van der Waals surface area contributed by atoms with Crippen LogP contribution in [0, 0.1) is 25.5 Å². The zero-order valence-electron chi connectivity index (χ0n) is 42.0. The first-order valence-electron chi connectivity index (χ1n) is 25.2. The van der Waals surface area contributed by atoms with Gasteiger partial charge < -0.3 is 49.6 Å². The number of nitrogen functional groups attached to an aromatic ring is 1. The summed E-state index contributed by atoms with van der Waals surface area (Å²) in [6, 6.07) is 25.2. The molecule has 19 heteroatoms. The summed E-state index contributed by atoms with van der Waals surface area (Å²) in [5.74, 6) is 1.01. The quantitative estimate of drug-likeness (QED) is 0.148. The van der Waals surface area contributed by atoms with Gasteiger partial charge in [0.15, 0.2) is 11.6 Å². The molecule has 0 radical (unpaired) electrons. The van der Waals surface area contributed by atoms with Crippen LogP contribution in [0.2, 0.25) is 5.02 Å². The van der Waals surface area contributed by atoms with E-state index >= 15 is 4.39 Å². The normalized spacial score (nSPS) is 16.0. The Labute approximate surface area is 439 Å². The van der Waals surface area contributed by atoms with Crippen LogP contribution in [0.5, 0.6) is 0 Å². The maximum atomic E-state index is 15.3. The summed E-state index contributed by atoms with van der Waals surface area (Å²) in [6.45, 7) is 16.0. The molecule has 8 aromatic rings. The van der Waals surface area contributed by atoms with Gasteiger partial charge in [0.1, 0.15) is 11.6 Å². The standard InChI is InChI=1S/C28H29FN6O2.C15H10ClFN2.C13H20N4O2/c1-19-26(23-6-2-3-8-30-23)32-22-7-4-5-21(29)25(22)27(19)33-24-17-20(34-9-13-36-14-10-34)18-31-28(24)35-11-15-37-16-12-35;1-9-14(16)13-10(17)5-4-7-11(13)19-15(9)12-6-2-3-8-18-12;14-12-9-11(16-1-5-18-6-2-16)10-15-13(12)17-3-7-19-8-4-17/h2-8,17-18H,9-16H2,1H3,(H,32,33);2-8H,1H3;9-10H,1-8,14H2. The molecule has 16 nitrogen and oxygen atoms in total. The number of nitrogens with two attached hydrogens (primary N) is 1. The molecule has 0 atom stereocenters. The number of hydrogen-bond donors (Lipinski definition) is 2. The van der Waals surface area contributed by atoms with Crippen molar-refractivity contribution in [3.8, 4) is 22.8 Å². The monoisotopic (exact) mass is 1040 g/mol. The van der Waals surface area contributed by atoms with Crippen LogP contribution in [0.25, 0.3) is 44.6 Å². The first-order chi connectivity index (χ1) is 36.7.